The number of anilines is 3. The van der Waals surface area contributed by atoms with Gasteiger partial charge in [-0.3, -0.25) is 15.6 Å². The minimum Gasteiger partial charge on any atom is -0.456 e. The zero-order chi connectivity index (χ0) is 39.6. The predicted octanol–water partition coefficient (Wildman–Crippen LogP) is 12.5. The van der Waals surface area contributed by atoms with Crippen molar-refractivity contribution in [2.75, 3.05) is 9.80 Å². The van der Waals surface area contributed by atoms with Crippen LogP contribution in [0.15, 0.2) is 168 Å². The molecule has 0 spiro atoms. The third kappa shape index (κ3) is 5.91. The summed E-state index contributed by atoms with van der Waals surface area (Å²) in [7, 11) is 0. The third-order valence-electron chi connectivity index (χ3n) is 13.4. The first-order valence-corrected chi connectivity index (χ1v) is 21.3. The number of aryl methyl sites for hydroxylation is 1. The Bertz CT molecular complexity index is 2770. The smallest absolute Gasteiger partial charge is 0.201 e. The minimum absolute atomic E-state index is 0.0861. The maximum atomic E-state index is 9.80. The Morgan fingerprint density at radius 3 is 2.51 bits per heavy atom. The van der Waals surface area contributed by atoms with Gasteiger partial charge in [0, 0.05) is 63.7 Å². The molecule has 6 unspecified atom stereocenters. The number of hydrogen-bond acceptors (Lipinski definition) is 4. The highest BCUT2D eigenvalue weighted by Crippen LogP contribution is 2.53. The maximum Gasteiger partial charge on any atom is 0.201 e. The highest BCUT2D eigenvalue weighted by atomic mass is 16.3. The molecule has 0 saturated carbocycles. The van der Waals surface area contributed by atoms with Gasteiger partial charge >= 0.3 is 0 Å². The zero-order valence-corrected chi connectivity index (χ0v) is 33.6. The summed E-state index contributed by atoms with van der Waals surface area (Å²) in [5, 5.41) is 19.7. The van der Waals surface area contributed by atoms with Crippen LogP contribution in [0.3, 0.4) is 0 Å². The molecule has 11 rings (SSSR count). The first kappa shape index (κ1) is 35.8. The number of allylic oxidation sites excluding steroid dienone is 9. The molecule has 59 heavy (non-hydrogen) atoms. The van der Waals surface area contributed by atoms with E-state index >= 15 is 0 Å². The van der Waals surface area contributed by atoms with Crippen LogP contribution in [-0.4, -0.2) is 12.0 Å². The van der Waals surface area contributed by atoms with Crippen molar-refractivity contribution in [3.8, 4) is 0 Å². The molecule has 292 valence electrons. The Hall–Kier alpha value is -6.37. The molecule has 5 aromatic carbocycles. The van der Waals surface area contributed by atoms with Gasteiger partial charge in [0.1, 0.15) is 17.3 Å². The number of nitrogens with one attached hydrogen (secondary N) is 3. The predicted molar refractivity (Wildman–Crippen MR) is 243 cm³/mol. The molecule has 1 aromatic heterocycles. The fraction of sp³-hybridized carbons (Fsp3) is 0.226. The molecule has 6 atom stereocenters. The molecule has 0 bridgehead atoms. The Morgan fingerprint density at radius 1 is 0.831 bits per heavy atom. The fourth-order valence-electron chi connectivity index (χ4n) is 10.6. The molecule has 3 heterocycles. The van der Waals surface area contributed by atoms with Crippen molar-refractivity contribution in [2.24, 2.45) is 5.92 Å². The van der Waals surface area contributed by atoms with Crippen LogP contribution in [0.2, 0.25) is 0 Å². The van der Waals surface area contributed by atoms with E-state index < -0.39 is 0 Å². The van der Waals surface area contributed by atoms with Crippen LogP contribution in [0, 0.1) is 18.3 Å². The van der Waals surface area contributed by atoms with Crippen molar-refractivity contribution in [1.29, 1.82) is 5.41 Å². The molecule has 2 aliphatic heterocycles. The van der Waals surface area contributed by atoms with Gasteiger partial charge in [0.2, 0.25) is 5.96 Å². The average molecular weight is 772 g/mol. The molecule has 0 amide bonds. The normalized spacial score (nSPS) is 22.9. The van der Waals surface area contributed by atoms with Gasteiger partial charge in [0.15, 0.2) is 0 Å². The number of nitrogens with zero attached hydrogens (tertiary/aromatic N) is 2. The molecule has 6 aromatic rings. The van der Waals surface area contributed by atoms with Gasteiger partial charge in [-0.1, -0.05) is 122 Å². The van der Waals surface area contributed by atoms with E-state index in [1.165, 1.54) is 39.0 Å². The molecule has 6 heteroatoms. The first-order valence-electron chi connectivity index (χ1n) is 21.3. The molecule has 0 saturated heterocycles. The topological polar surface area (TPSA) is 67.5 Å². The van der Waals surface area contributed by atoms with Gasteiger partial charge in [0.05, 0.1) is 5.69 Å². The molecule has 0 fully saturated rings. The number of guanidine groups is 1. The van der Waals surface area contributed by atoms with Crippen molar-refractivity contribution < 1.29 is 4.42 Å². The van der Waals surface area contributed by atoms with Crippen molar-refractivity contribution >= 4 is 45.0 Å². The number of furan rings is 1. The number of rotatable bonds is 7. The summed E-state index contributed by atoms with van der Waals surface area (Å²) < 4.78 is 6.90. The lowest BCUT2D eigenvalue weighted by Gasteiger charge is -2.31. The van der Waals surface area contributed by atoms with E-state index in [2.05, 4.69) is 186 Å². The van der Waals surface area contributed by atoms with E-state index in [4.69, 9.17) is 4.42 Å². The average Bonchev–Trinajstić information content (AvgIpc) is 3.93. The summed E-state index contributed by atoms with van der Waals surface area (Å²) in [6.07, 6.45) is 23.1. The lowest BCUT2D eigenvalue weighted by atomic mass is 9.80. The SMILES string of the molecule is Cc1ccc2oc3c4c(ccc3c2c1C1C=CC=CC1C)N(C(=N)NC(NCc1ccc2c(c1)N(c1ccccc1)C1CCC=CC21)c1ccccc1)C1=CC=CCC14. The van der Waals surface area contributed by atoms with Crippen molar-refractivity contribution in [2.45, 2.75) is 69.6 Å². The second kappa shape index (κ2) is 14.5. The van der Waals surface area contributed by atoms with Gasteiger partial charge in [-0.15, -0.1) is 0 Å². The minimum atomic E-state index is -0.310. The van der Waals surface area contributed by atoms with E-state index in [1.807, 2.05) is 6.07 Å². The Balaban J connectivity index is 0.927. The van der Waals surface area contributed by atoms with Crippen molar-refractivity contribution in [3.05, 3.63) is 197 Å². The van der Waals surface area contributed by atoms with E-state index in [0.717, 1.165) is 58.3 Å². The molecule has 5 aliphatic rings. The summed E-state index contributed by atoms with van der Waals surface area (Å²) in [6.45, 7) is 5.17. The lowest BCUT2D eigenvalue weighted by Crippen LogP contribution is -2.45. The summed E-state index contributed by atoms with van der Waals surface area (Å²) in [5.41, 5.74) is 14.0. The number of fused-ring (bicyclic) bond motifs is 10. The van der Waals surface area contributed by atoms with Crippen molar-refractivity contribution in [3.63, 3.8) is 0 Å². The second-order valence-corrected chi connectivity index (χ2v) is 16.9. The fourth-order valence-corrected chi connectivity index (χ4v) is 10.6. The maximum absolute atomic E-state index is 9.80. The van der Waals surface area contributed by atoms with E-state index in [0.29, 0.717) is 30.4 Å². The van der Waals surface area contributed by atoms with Crippen LogP contribution in [0.4, 0.5) is 17.1 Å². The number of benzene rings is 5. The zero-order valence-electron chi connectivity index (χ0n) is 33.6. The molecular formula is C53H49N5O. The third-order valence-corrected chi connectivity index (χ3v) is 13.4. The highest BCUT2D eigenvalue weighted by Gasteiger charge is 2.41. The van der Waals surface area contributed by atoms with E-state index in [9.17, 15) is 5.41 Å². The van der Waals surface area contributed by atoms with Crippen LogP contribution in [-0.2, 0) is 6.54 Å². The van der Waals surface area contributed by atoms with Crippen LogP contribution < -0.4 is 20.4 Å². The van der Waals surface area contributed by atoms with Gasteiger partial charge in [-0.05, 0) is 102 Å². The Kier molecular flexibility index (Phi) is 8.77. The first-order chi connectivity index (χ1) is 29.0. The summed E-state index contributed by atoms with van der Waals surface area (Å²) in [4.78, 5) is 4.67. The summed E-state index contributed by atoms with van der Waals surface area (Å²) >= 11 is 0. The van der Waals surface area contributed by atoms with Gasteiger partial charge in [-0.2, -0.15) is 0 Å². The van der Waals surface area contributed by atoms with Gasteiger partial charge in [-0.25, -0.2) is 0 Å². The van der Waals surface area contributed by atoms with Crippen molar-refractivity contribution in [1.82, 2.24) is 10.6 Å². The molecule has 0 radical (unpaired) electrons. The number of hydrogen-bond donors (Lipinski definition) is 3. The largest absolute Gasteiger partial charge is 0.456 e. The van der Waals surface area contributed by atoms with Gasteiger partial charge < -0.3 is 14.6 Å². The van der Waals surface area contributed by atoms with Crippen LogP contribution in [0.5, 0.6) is 0 Å². The summed E-state index contributed by atoms with van der Waals surface area (Å²) in [5.74, 6) is 1.49. The lowest BCUT2D eigenvalue weighted by molar-refractivity contribution is 0.501. The Morgan fingerprint density at radius 2 is 1.66 bits per heavy atom. The van der Waals surface area contributed by atoms with Crippen LogP contribution in [0.1, 0.15) is 83.5 Å². The molecule has 6 nitrogen and oxygen atoms in total. The highest BCUT2D eigenvalue weighted by molar-refractivity contribution is 6.12. The van der Waals surface area contributed by atoms with E-state index in [-0.39, 0.29) is 18.0 Å². The number of para-hydroxylation sites is 1. The van der Waals surface area contributed by atoms with Crippen LogP contribution >= 0.6 is 0 Å². The molecular weight excluding hydrogens is 723 g/mol. The standard InChI is InChI=1S/C53H49N5O/c1-33-15-9-10-20-38(33)48-34(2)25-30-47-50(48)42-28-29-45-49(51(42)59-47)41-22-12-14-24-44(41)58(45)53(54)56-52(36-16-5-3-6-17-36)55-32-35-26-27-40-39-21-11-13-23-43(39)57(46(40)31-35)37-18-7-4-8-19-37/h3-12,14-21,24-31,33,38-39,41,43,52,55H,13,22-23,32H2,1-2H3,(H2,54,56). The van der Waals surface area contributed by atoms with Crippen LogP contribution in [0.25, 0.3) is 21.9 Å². The monoisotopic (exact) mass is 771 g/mol. The Labute approximate surface area is 346 Å². The molecule has 3 N–H and O–H groups in total. The summed E-state index contributed by atoms with van der Waals surface area (Å²) in [6, 6.07) is 37.5. The quantitative estimate of drug-likeness (QED) is 0.0653. The van der Waals surface area contributed by atoms with E-state index in [1.54, 1.807) is 0 Å². The second-order valence-electron chi connectivity index (χ2n) is 16.9. The molecule has 3 aliphatic carbocycles. The van der Waals surface area contributed by atoms with Gasteiger partial charge in [0.25, 0.3) is 0 Å².